The number of rotatable bonds is 6. The molecule has 1 rings (SSSR count). The summed E-state index contributed by atoms with van der Waals surface area (Å²) >= 11 is 0. The standard InChI is InChI=1S/C10H14N4O3/c1-3-4-11-9(10(16)17-2)8-7-14(5-6-15)13-12-8/h1,7,9,11,15H,4-6H2,2H3. The molecule has 1 aromatic heterocycles. The first kappa shape index (κ1) is 13.2. The van der Waals surface area contributed by atoms with Crippen LogP contribution in [0, 0.1) is 12.3 Å². The zero-order valence-corrected chi connectivity index (χ0v) is 9.46. The minimum atomic E-state index is -0.747. The lowest BCUT2D eigenvalue weighted by atomic mass is 10.2. The Morgan fingerprint density at radius 1 is 1.82 bits per heavy atom. The number of aliphatic hydroxyl groups is 1. The monoisotopic (exact) mass is 238 g/mol. The van der Waals surface area contributed by atoms with Crippen molar-refractivity contribution < 1.29 is 14.6 Å². The van der Waals surface area contributed by atoms with Crippen LogP contribution in [0.25, 0.3) is 0 Å². The SMILES string of the molecule is C#CCNC(C(=O)OC)c1cn(CCO)nn1. The van der Waals surface area contributed by atoms with Crippen LogP contribution < -0.4 is 5.32 Å². The molecule has 1 aromatic rings. The fourth-order valence-corrected chi connectivity index (χ4v) is 1.24. The molecule has 0 fully saturated rings. The largest absolute Gasteiger partial charge is 0.468 e. The highest BCUT2D eigenvalue weighted by Crippen LogP contribution is 2.10. The van der Waals surface area contributed by atoms with Gasteiger partial charge in [0.15, 0.2) is 6.04 Å². The van der Waals surface area contributed by atoms with Crippen molar-refractivity contribution in [3.05, 3.63) is 11.9 Å². The van der Waals surface area contributed by atoms with E-state index in [9.17, 15) is 4.79 Å². The predicted molar refractivity (Wildman–Crippen MR) is 58.7 cm³/mol. The summed E-state index contributed by atoms with van der Waals surface area (Å²) in [6, 6.07) is -0.747. The van der Waals surface area contributed by atoms with Gasteiger partial charge in [-0.15, -0.1) is 11.5 Å². The van der Waals surface area contributed by atoms with Crippen LogP contribution in [-0.4, -0.2) is 46.3 Å². The third-order valence-electron chi connectivity index (χ3n) is 2.03. The topological polar surface area (TPSA) is 89.3 Å². The van der Waals surface area contributed by atoms with E-state index in [4.69, 9.17) is 11.5 Å². The molecule has 1 heterocycles. The lowest BCUT2D eigenvalue weighted by Crippen LogP contribution is -2.30. The van der Waals surface area contributed by atoms with Gasteiger partial charge in [-0.25, -0.2) is 9.48 Å². The Kier molecular flexibility index (Phi) is 5.13. The highest BCUT2D eigenvalue weighted by molar-refractivity contribution is 5.76. The number of carbonyl (C=O) groups is 1. The van der Waals surface area contributed by atoms with Crippen molar-refractivity contribution in [2.75, 3.05) is 20.3 Å². The first-order chi connectivity index (χ1) is 8.22. The van der Waals surface area contributed by atoms with Crippen LogP contribution in [0.5, 0.6) is 0 Å². The second-order valence-electron chi connectivity index (χ2n) is 3.17. The van der Waals surface area contributed by atoms with E-state index in [0.717, 1.165) is 0 Å². The van der Waals surface area contributed by atoms with Gasteiger partial charge in [-0.3, -0.25) is 5.32 Å². The Bertz CT molecular complexity index is 410. The normalized spacial score (nSPS) is 11.8. The van der Waals surface area contributed by atoms with E-state index in [-0.39, 0.29) is 13.2 Å². The number of aliphatic hydroxyl groups excluding tert-OH is 1. The second-order valence-corrected chi connectivity index (χ2v) is 3.17. The maximum atomic E-state index is 11.5. The van der Waals surface area contributed by atoms with E-state index in [0.29, 0.717) is 12.2 Å². The number of carbonyl (C=O) groups excluding carboxylic acids is 1. The number of methoxy groups -OCH3 is 1. The van der Waals surface area contributed by atoms with Gasteiger partial charge in [-0.1, -0.05) is 11.1 Å². The summed E-state index contributed by atoms with van der Waals surface area (Å²) in [7, 11) is 1.28. The summed E-state index contributed by atoms with van der Waals surface area (Å²) in [6.07, 6.45) is 6.67. The molecule has 0 aromatic carbocycles. The van der Waals surface area contributed by atoms with E-state index in [2.05, 4.69) is 26.3 Å². The summed E-state index contributed by atoms with van der Waals surface area (Å²) in [4.78, 5) is 11.5. The van der Waals surface area contributed by atoms with Gasteiger partial charge in [0.1, 0.15) is 5.69 Å². The van der Waals surface area contributed by atoms with E-state index in [1.807, 2.05) is 0 Å². The van der Waals surface area contributed by atoms with Crippen molar-refractivity contribution in [3.63, 3.8) is 0 Å². The van der Waals surface area contributed by atoms with Crippen LogP contribution in [0.15, 0.2) is 6.20 Å². The predicted octanol–water partition coefficient (Wildman–Crippen LogP) is -1.29. The quantitative estimate of drug-likeness (QED) is 0.473. The Labute approximate surface area is 98.8 Å². The Hall–Kier alpha value is -1.91. The fraction of sp³-hybridized carbons (Fsp3) is 0.500. The van der Waals surface area contributed by atoms with Gasteiger partial charge >= 0.3 is 5.97 Å². The molecule has 7 heteroatoms. The molecule has 0 radical (unpaired) electrons. The molecular formula is C10H14N4O3. The van der Waals surface area contributed by atoms with Gasteiger partial charge in [-0.2, -0.15) is 0 Å². The molecule has 1 unspecified atom stereocenters. The Morgan fingerprint density at radius 2 is 2.59 bits per heavy atom. The van der Waals surface area contributed by atoms with Crippen LogP contribution in [0.4, 0.5) is 0 Å². The summed E-state index contributed by atoms with van der Waals surface area (Å²) in [6.45, 7) is 0.478. The third-order valence-corrected chi connectivity index (χ3v) is 2.03. The van der Waals surface area contributed by atoms with Crippen LogP contribution >= 0.6 is 0 Å². The molecule has 0 spiro atoms. The fourth-order valence-electron chi connectivity index (χ4n) is 1.24. The number of nitrogens with zero attached hydrogens (tertiary/aromatic N) is 3. The minimum Gasteiger partial charge on any atom is -0.468 e. The van der Waals surface area contributed by atoms with Gasteiger partial charge in [0.2, 0.25) is 0 Å². The molecule has 0 saturated carbocycles. The van der Waals surface area contributed by atoms with E-state index >= 15 is 0 Å². The average molecular weight is 238 g/mol. The zero-order valence-electron chi connectivity index (χ0n) is 9.46. The molecule has 17 heavy (non-hydrogen) atoms. The number of aromatic nitrogens is 3. The van der Waals surface area contributed by atoms with E-state index < -0.39 is 12.0 Å². The molecule has 0 saturated heterocycles. The number of nitrogens with one attached hydrogen (secondary N) is 1. The molecule has 92 valence electrons. The second kappa shape index (κ2) is 6.62. The van der Waals surface area contributed by atoms with Gasteiger partial charge in [0.25, 0.3) is 0 Å². The molecule has 0 aliphatic carbocycles. The van der Waals surface area contributed by atoms with Crippen molar-refractivity contribution in [1.29, 1.82) is 0 Å². The number of ether oxygens (including phenoxy) is 1. The Balaban J connectivity index is 2.80. The van der Waals surface area contributed by atoms with Crippen molar-refractivity contribution in [2.45, 2.75) is 12.6 Å². The van der Waals surface area contributed by atoms with Crippen LogP contribution in [0.1, 0.15) is 11.7 Å². The maximum absolute atomic E-state index is 11.5. The number of terminal acetylenes is 1. The highest BCUT2D eigenvalue weighted by Gasteiger charge is 2.23. The smallest absolute Gasteiger partial charge is 0.329 e. The summed E-state index contributed by atoms with van der Waals surface area (Å²) < 4.78 is 6.07. The summed E-state index contributed by atoms with van der Waals surface area (Å²) in [5.41, 5.74) is 0.403. The highest BCUT2D eigenvalue weighted by atomic mass is 16.5. The zero-order chi connectivity index (χ0) is 12.7. The molecule has 1 atom stereocenters. The number of hydrogen-bond acceptors (Lipinski definition) is 6. The van der Waals surface area contributed by atoms with E-state index in [1.165, 1.54) is 11.8 Å². The Morgan fingerprint density at radius 3 is 3.18 bits per heavy atom. The van der Waals surface area contributed by atoms with Crippen molar-refractivity contribution in [2.24, 2.45) is 0 Å². The molecule has 0 amide bonds. The first-order valence-electron chi connectivity index (χ1n) is 4.98. The van der Waals surface area contributed by atoms with Gasteiger partial charge in [0, 0.05) is 0 Å². The van der Waals surface area contributed by atoms with Gasteiger partial charge in [-0.05, 0) is 0 Å². The lowest BCUT2D eigenvalue weighted by Gasteiger charge is -2.11. The van der Waals surface area contributed by atoms with Crippen molar-refractivity contribution in [3.8, 4) is 12.3 Å². The number of esters is 1. The molecule has 2 N–H and O–H groups in total. The summed E-state index contributed by atoms with van der Waals surface area (Å²) in [5, 5.41) is 19.1. The number of hydrogen-bond donors (Lipinski definition) is 2. The molecule has 0 bridgehead atoms. The van der Waals surface area contributed by atoms with Crippen molar-refractivity contribution >= 4 is 5.97 Å². The molecular weight excluding hydrogens is 224 g/mol. The molecule has 0 aliphatic heterocycles. The van der Waals surface area contributed by atoms with Crippen LogP contribution in [-0.2, 0) is 16.1 Å². The summed E-state index contributed by atoms with van der Waals surface area (Å²) in [5.74, 6) is 1.88. The van der Waals surface area contributed by atoms with Crippen LogP contribution in [0.3, 0.4) is 0 Å². The first-order valence-corrected chi connectivity index (χ1v) is 4.98. The maximum Gasteiger partial charge on any atom is 0.329 e. The van der Waals surface area contributed by atoms with E-state index in [1.54, 1.807) is 6.20 Å². The van der Waals surface area contributed by atoms with Gasteiger partial charge < -0.3 is 9.84 Å². The van der Waals surface area contributed by atoms with Crippen LogP contribution in [0.2, 0.25) is 0 Å². The third kappa shape index (κ3) is 3.55. The minimum absolute atomic E-state index is 0.0521. The molecule has 7 nitrogen and oxygen atoms in total. The average Bonchev–Trinajstić information content (AvgIpc) is 2.78. The lowest BCUT2D eigenvalue weighted by molar-refractivity contribution is -0.143. The van der Waals surface area contributed by atoms with Crippen molar-refractivity contribution in [1.82, 2.24) is 20.3 Å². The molecule has 0 aliphatic rings. The van der Waals surface area contributed by atoms with Gasteiger partial charge in [0.05, 0.1) is 33.0 Å².